The van der Waals surface area contributed by atoms with Crippen molar-refractivity contribution in [2.24, 2.45) is 0 Å². The van der Waals surface area contributed by atoms with Crippen molar-refractivity contribution in [2.75, 3.05) is 0 Å². The highest BCUT2D eigenvalue weighted by atomic mass is 32.1. The van der Waals surface area contributed by atoms with Crippen molar-refractivity contribution in [3.8, 4) is 0 Å². The summed E-state index contributed by atoms with van der Waals surface area (Å²) >= 11 is 1.50. The van der Waals surface area contributed by atoms with Crippen LogP contribution in [-0.4, -0.2) is 10.5 Å². The first-order chi connectivity index (χ1) is 10.3. The first kappa shape index (κ1) is 12.4. The van der Waals surface area contributed by atoms with Crippen LogP contribution >= 0.6 is 11.3 Å². The fourth-order valence-electron chi connectivity index (χ4n) is 2.83. The Kier molecular flexibility index (Phi) is 2.69. The summed E-state index contributed by atoms with van der Waals surface area (Å²) in [5.74, 6) is 0.0555. The zero-order valence-corrected chi connectivity index (χ0v) is 12.4. The van der Waals surface area contributed by atoms with Gasteiger partial charge in [-0.3, -0.25) is 9.36 Å². The minimum atomic E-state index is 0.0555. The second kappa shape index (κ2) is 4.57. The maximum Gasteiger partial charge on any atom is 0.273 e. The predicted octanol–water partition coefficient (Wildman–Crippen LogP) is 4.85. The van der Waals surface area contributed by atoms with E-state index in [0.717, 1.165) is 32.2 Å². The van der Waals surface area contributed by atoms with Crippen LogP contribution in [0, 0.1) is 6.92 Å². The van der Waals surface area contributed by atoms with E-state index in [9.17, 15) is 4.79 Å². The van der Waals surface area contributed by atoms with Crippen molar-refractivity contribution in [3.05, 3.63) is 70.4 Å². The van der Waals surface area contributed by atoms with Crippen LogP contribution in [0.4, 0.5) is 0 Å². The van der Waals surface area contributed by atoms with Gasteiger partial charge in [0.1, 0.15) is 0 Å². The largest absolute Gasteiger partial charge is 0.275 e. The number of hydrogen-bond donors (Lipinski definition) is 0. The minimum absolute atomic E-state index is 0.0555. The molecule has 21 heavy (non-hydrogen) atoms. The summed E-state index contributed by atoms with van der Waals surface area (Å²) in [5, 5.41) is 4.21. The lowest BCUT2D eigenvalue weighted by molar-refractivity contribution is 0.0973. The Hall–Kier alpha value is -2.39. The summed E-state index contributed by atoms with van der Waals surface area (Å²) < 4.78 is 1.84. The van der Waals surface area contributed by atoms with Gasteiger partial charge in [-0.2, -0.15) is 0 Å². The van der Waals surface area contributed by atoms with E-state index in [2.05, 4.69) is 12.1 Å². The van der Waals surface area contributed by atoms with Crippen molar-refractivity contribution in [1.82, 2.24) is 4.57 Å². The number of nitrogens with zero attached hydrogens (tertiary/aromatic N) is 1. The summed E-state index contributed by atoms with van der Waals surface area (Å²) in [7, 11) is 0. The number of benzene rings is 2. The van der Waals surface area contributed by atoms with Crippen molar-refractivity contribution < 1.29 is 4.79 Å². The molecule has 4 rings (SSSR count). The number of fused-ring (bicyclic) bond motifs is 3. The van der Waals surface area contributed by atoms with E-state index >= 15 is 0 Å². The average molecular weight is 291 g/mol. The molecule has 0 saturated carbocycles. The van der Waals surface area contributed by atoms with Gasteiger partial charge in [-0.1, -0.05) is 36.4 Å². The first-order valence-corrected chi connectivity index (χ1v) is 7.72. The van der Waals surface area contributed by atoms with Crippen molar-refractivity contribution in [1.29, 1.82) is 0 Å². The maximum absolute atomic E-state index is 13.0. The van der Waals surface area contributed by atoms with Gasteiger partial charge in [0.2, 0.25) is 0 Å². The van der Waals surface area contributed by atoms with Crippen LogP contribution in [0.15, 0.2) is 60.0 Å². The summed E-state index contributed by atoms with van der Waals surface area (Å²) in [5.41, 5.74) is 2.97. The zero-order chi connectivity index (χ0) is 14.4. The van der Waals surface area contributed by atoms with Crippen LogP contribution in [0.1, 0.15) is 15.2 Å². The highest BCUT2D eigenvalue weighted by molar-refractivity contribution is 7.12. The highest BCUT2D eigenvalue weighted by Gasteiger charge is 2.18. The Bertz CT molecular complexity index is 924. The van der Waals surface area contributed by atoms with Crippen LogP contribution in [0.3, 0.4) is 0 Å². The quantitative estimate of drug-likeness (QED) is 0.491. The summed E-state index contributed by atoms with van der Waals surface area (Å²) in [6, 6.07) is 18.1. The molecule has 0 fully saturated rings. The molecular formula is C18H13NOS. The predicted molar refractivity (Wildman–Crippen MR) is 88.2 cm³/mol. The first-order valence-electron chi connectivity index (χ1n) is 6.84. The van der Waals surface area contributed by atoms with Gasteiger partial charge in [-0.05, 0) is 36.1 Å². The van der Waals surface area contributed by atoms with Gasteiger partial charge in [0, 0.05) is 10.8 Å². The lowest BCUT2D eigenvalue weighted by Gasteiger charge is -2.05. The maximum atomic E-state index is 13.0. The number of carbonyl (C=O) groups is 1. The Morgan fingerprint density at radius 1 is 0.905 bits per heavy atom. The molecule has 0 saturated heterocycles. The second-order valence-electron chi connectivity index (χ2n) is 5.11. The normalized spacial score (nSPS) is 11.3. The SMILES string of the molecule is Cc1ccsc1C(=O)n1c2ccccc2c2ccccc21. The van der Waals surface area contributed by atoms with Gasteiger partial charge in [0.05, 0.1) is 15.9 Å². The molecule has 0 N–H and O–H groups in total. The monoisotopic (exact) mass is 291 g/mol. The Labute approximate surface area is 126 Å². The van der Waals surface area contributed by atoms with Crippen LogP contribution in [0.5, 0.6) is 0 Å². The fraction of sp³-hybridized carbons (Fsp3) is 0.0556. The Morgan fingerprint density at radius 3 is 2.00 bits per heavy atom. The van der Waals surface area contributed by atoms with E-state index < -0.39 is 0 Å². The number of thiophene rings is 1. The van der Waals surface area contributed by atoms with Crippen LogP contribution < -0.4 is 0 Å². The molecule has 0 atom stereocenters. The lowest BCUT2D eigenvalue weighted by atomic mass is 10.2. The number of para-hydroxylation sites is 2. The fourth-order valence-corrected chi connectivity index (χ4v) is 3.69. The molecule has 0 bridgehead atoms. The van der Waals surface area contributed by atoms with Gasteiger partial charge in [0.15, 0.2) is 0 Å². The van der Waals surface area contributed by atoms with Crippen molar-refractivity contribution in [2.45, 2.75) is 6.92 Å². The summed E-state index contributed by atoms with van der Waals surface area (Å²) in [4.78, 5) is 13.8. The van der Waals surface area contributed by atoms with Gasteiger partial charge in [-0.15, -0.1) is 11.3 Å². The van der Waals surface area contributed by atoms with Crippen LogP contribution in [0.25, 0.3) is 21.8 Å². The van der Waals surface area contributed by atoms with Gasteiger partial charge in [0.25, 0.3) is 5.91 Å². The van der Waals surface area contributed by atoms with Gasteiger partial charge in [-0.25, -0.2) is 0 Å². The molecule has 102 valence electrons. The van der Waals surface area contributed by atoms with Gasteiger partial charge >= 0.3 is 0 Å². The molecule has 0 radical (unpaired) electrons. The third kappa shape index (κ3) is 1.74. The van der Waals surface area contributed by atoms with Crippen LogP contribution in [-0.2, 0) is 0 Å². The molecule has 0 aliphatic carbocycles. The molecule has 0 spiro atoms. The molecule has 0 aliphatic heterocycles. The summed E-state index contributed by atoms with van der Waals surface area (Å²) in [6.45, 7) is 1.98. The lowest BCUT2D eigenvalue weighted by Crippen LogP contribution is -2.11. The van der Waals surface area contributed by atoms with Crippen LogP contribution in [0.2, 0.25) is 0 Å². The topological polar surface area (TPSA) is 22.0 Å². The number of aryl methyl sites for hydroxylation is 1. The second-order valence-corrected chi connectivity index (χ2v) is 6.02. The molecule has 0 amide bonds. The van der Waals surface area contributed by atoms with E-state index in [-0.39, 0.29) is 5.91 Å². The zero-order valence-electron chi connectivity index (χ0n) is 11.5. The molecule has 2 heterocycles. The number of aromatic nitrogens is 1. The minimum Gasteiger partial charge on any atom is -0.275 e. The Balaban J connectivity index is 2.11. The van der Waals surface area contributed by atoms with E-state index in [1.54, 1.807) is 0 Å². The highest BCUT2D eigenvalue weighted by Crippen LogP contribution is 2.30. The van der Waals surface area contributed by atoms with E-state index in [1.807, 2.05) is 59.3 Å². The standard InChI is InChI=1S/C18H13NOS/c1-12-10-11-21-17(12)18(20)19-15-8-4-2-6-13(15)14-7-3-5-9-16(14)19/h2-11H,1H3. The number of hydrogen-bond acceptors (Lipinski definition) is 2. The smallest absolute Gasteiger partial charge is 0.273 e. The molecule has 2 nitrogen and oxygen atoms in total. The Morgan fingerprint density at radius 2 is 1.48 bits per heavy atom. The van der Waals surface area contributed by atoms with E-state index in [0.29, 0.717) is 0 Å². The molecule has 3 heteroatoms. The summed E-state index contributed by atoms with van der Waals surface area (Å²) in [6.07, 6.45) is 0. The molecule has 4 aromatic rings. The number of rotatable bonds is 1. The van der Waals surface area contributed by atoms with E-state index in [4.69, 9.17) is 0 Å². The third-order valence-corrected chi connectivity index (χ3v) is 4.84. The van der Waals surface area contributed by atoms with Gasteiger partial charge < -0.3 is 0 Å². The van der Waals surface area contributed by atoms with Crippen molar-refractivity contribution >= 4 is 39.0 Å². The van der Waals surface area contributed by atoms with E-state index in [1.165, 1.54) is 11.3 Å². The molecule has 0 unspecified atom stereocenters. The average Bonchev–Trinajstić information content (AvgIpc) is 3.08. The molecular weight excluding hydrogens is 278 g/mol. The third-order valence-electron chi connectivity index (χ3n) is 3.84. The molecule has 2 aromatic carbocycles. The molecule has 0 aliphatic rings. The molecule has 2 aromatic heterocycles. The van der Waals surface area contributed by atoms with Crippen molar-refractivity contribution in [3.63, 3.8) is 0 Å². The number of carbonyl (C=O) groups excluding carboxylic acids is 1.